The maximum Gasteiger partial charge on any atom is 0.338 e. The molecule has 3 aromatic rings. The van der Waals surface area contributed by atoms with Crippen LogP contribution < -0.4 is 19.5 Å². The molecular weight excluding hydrogens is 472 g/mol. The van der Waals surface area contributed by atoms with Crippen molar-refractivity contribution in [2.45, 2.75) is 31.4 Å². The van der Waals surface area contributed by atoms with Crippen LogP contribution in [0.2, 0.25) is 0 Å². The number of carbonyl (C=O) groups excluding carboxylic acids is 2. The Morgan fingerprint density at radius 2 is 1.66 bits per heavy atom. The van der Waals surface area contributed by atoms with Crippen LogP contribution in [-0.2, 0) is 26.1 Å². The van der Waals surface area contributed by atoms with Gasteiger partial charge in [0.05, 0.1) is 10.5 Å². The van der Waals surface area contributed by atoms with Crippen LogP contribution in [-0.4, -0.2) is 33.2 Å². The highest BCUT2D eigenvalue weighted by atomic mass is 32.2. The van der Waals surface area contributed by atoms with Gasteiger partial charge in [0.25, 0.3) is 15.9 Å². The summed E-state index contributed by atoms with van der Waals surface area (Å²) in [7, 11) is -3.83. The molecule has 0 fully saturated rings. The smallest absolute Gasteiger partial charge is 0.338 e. The van der Waals surface area contributed by atoms with E-state index < -0.39 is 28.0 Å². The Balaban J connectivity index is 1.31. The molecule has 0 spiro atoms. The normalized spacial score (nSPS) is 13.1. The molecule has 0 aliphatic carbocycles. The van der Waals surface area contributed by atoms with E-state index in [1.54, 1.807) is 42.5 Å². The van der Waals surface area contributed by atoms with E-state index in [0.717, 1.165) is 11.1 Å². The van der Waals surface area contributed by atoms with Gasteiger partial charge >= 0.3 is 5.97 Å². The molecule has 0 saturated carbocycles. The molecule has 1 atom stereocenters. The van der Waals surface area contributed by atoms with Gasteiger partial charge in [0.1, 0.15) is 0 Å². The maximum absolute atomic E-state index is 12.6. The second-order valence-corrected chi connectivity index (χ2v) is 9.63. The van der Waals surface area contributed by atoms with Crippen molar-refractivity contribution < 1.29 is 32.2 Å². The van der Waals surface area contributed by atoms with Crippen molar-refractivity contribution in [2.75, 3.05) is 11.5 Å². The first-order valence-corrected chi connectivity index (χ1v) is 12.3. The summed E-state index contributed by atoms with van der Waals surface area (Å²) >= 11 is 0. The monoisotopic (exact) mass is 496 g/mol. The van der Waals surface area contributed by atoms with Crippen molar-refractivity contribution in [1.29, 1.82) is 0 Å². The lowest BCUT2D eigenvalue weighted by atomic mass is 10.2. The van der Waals surface area contributed by atoms with E-state index >= 15 is 0 Å². The van der Waals surface area contributed by atoms with Gasteiger partial charge < -0.3 is 19.5 Å². The summed E-state index contributed by atoms with van der Waals surface area (Å²) in [6, 6.07) is 17.5. The van der Waals surface area contributed by atoms with Crippen molar-refractivity contribution in [3.05, 3.63) is 83.4 Å². The van der Waals surface area contributed by atoms with E-state index in [9.17, 15) is 18.0 Å². The molecule has 0 radical (unpaired) electrons. The van der Waals surface area contributed by atoms with Gasteiger partial charge in [-0.3, -0.25) is 9.52 Å². The third-order valence-corrected chi connectivity index (χ3v) is 6.66. The van der Waals surface area contributed by atoms with Gasteiger partial charge in [0, 0.05) is 12.2 Å². The molecule has 1 amide bonds. The summed E-state index contributed by atoms with van der Waals surface area (Å²) in [5.41, 5.74) is 2.36. The average molecular weight is 497 g/mol. The number of anilines is 1. The van der Waals surface area contributed by atoms with Crippen LogP contribution in [0.3, 0.4) is 0 Å². The molecule has 0 saturated heterocycles. The van der Waals surface area contributed by atoms with Crippen LogP contribution in [0.1, 0.15) is 28.4 Å². The van der Waals surface area contributed by atoms with Crippen LogP contribution in [0.25, 0.3) is 0 Å². The zero-order valence-electron chi connectivity index (χ0n) is 19.1. The fraction of sp³-hybridized carbons (Fsp3) is 0.200. The molecule has 1 heterocycles. The Morgan fingerprint density at radius 1 is 0.971 bits per heavy atom. The summed E-state index contributed by atoms with van der Waals surface area (Å²) in [6.07, 6.45) is -1.05. The Hall–Kier alpha value is -4.05. The van der Waals surface area contributed by atoms with Gasteiger partial charge in [-0.05, 0) is 67.9 Å². The Morgan fingerprint density at radius 3 is 2.37 bits per heavy atom. The standard InChI is InChI=1S/C25H24N2O7S/c1-16-3-8-20(9-4-16)27-35(30,31)21-10-6-19(7-11-21)25(29)34-17(2)24(28)26-14-18-5-12-22-23(13-18)33-15-32-22/h3-13,17,27H,14-15H2,1-2H3,(H,26,28). The third kappa shape index (κ3) is 5.90. The van der Waals surface area contributed by atoms with E-state index in [4.69, 9.17) is 14.2 Å². The summed E-state index contributed by atoms with van der Waals surface area (Å²) in [5, 5.41) is 2.70. The van der Waals surface area contributed by atoms with Gasteiger partial charge in [-0.15, -0.1) is 0 Å². The summed E-state index contributed by atoms with van der Waals surface area (Å²) in [5.74, 6) is 0.0339. The second kappa shape index (κ2) is 10.1. The van der Waals surface area contributed by atoms with Crippen LogP contribution in [0.5, 0.6) is 11.5 Å². The molecule has 3 aromatic carbocycles. The fourth-order valence-electron chi connectivity index (χ4n) is 3.27. The van der Waals surface area contributed by atoms with Crippen LogP contribution in [0, 0.1) is 6.92 Å². The highest BCUT2D eigenvalue weighted by Gasteiger charge is 2.21. The molecule has 0 aromatic heterocycles. The molecule has 9 nitrogen and oxygen atoms in total. The number of nitrogens with one attached hydrogen (secondary N) is 2. The Bertz CT molecular complexity index is 1340. The van der Waals surface area contributed by atoms with Crippen molar-refractivity contribution in [3.8, 4) is 11.5 Å². The minimum Gasteiger partial charge on any atom is -0.454 e. The molecule has 4 rings (SSSR count). The predicted octanol–water partition coefficient (Wildman–Crippen LogP) is 3.39. The number of hydrogen-bond donors (Lipinski definition) is 2. The number of hydrogen-bond acceptors (Lipinski definition) is 7. The average Bonchev–Trinajstić information content (AvgIpc) is 3.32. The van der Waals surface area contributed by atoms with E-state index in [0.29, 0.717) is 17.2 Å². The van der Waals surface area contributed by atoms with Crippen LogP contribution in [0.15, 0.2) is 71.6 Å². The number of ether oxygens (including phenoxy) is 3. The third-order valence-electron chi connectivity index (χ3n) is 5.26. The first kappa shape index (κ1) is 24.1. The molecule has 1 aliphatic rings. The number of sulfonamides is 1. The van der Waals surface area contributed by atoms with E-state index in [-0.39, 0.29) is 23.8 Å². The van der Waals surface area contributed by atoms with Crippen LogP contribution in [0.4, 0.5) is 5.69 Å². The maximum atomic E-state index is 12.6. The van der Waals surface area contributed by atoms with Gasteiger partial charge in [0.15, 0.2) is 17.6 Å². The van der Waals surface area contributed by atoms with E-state index in [2.05, 4.69) is 10.0 Å². The SMILES string of the molecule is Cc1ccc(NS(=O)(=O)c2ccc(C(=O)OC(C)C(=O)NCc3ccc4c(c3)OCO4)cc2)cc1. The largest absolute Gasteiger partial charge is 0.454 e. The lowest BCUT2D eigenvalue weighted by Gasteiger charge is -2.14. The Kier molecular flexibility index (Phi) is 6.92. The topological polar surface area (TPSA) is 120 Å². The highest BCUT2D eigenvalue weighted by molar-refractivity contribution is 7.92. The molecule has 2 N–H and O–H groups in total. The first-order valence-electron chi connectivity index (χ1n) is 10.8. The number of carbonyl (C=O) groups is 2. The van der Waals surface area contributed by atoms with Crippen molar-refractivity contribution in [1.82, 2.24) is 5.32 Å². The van der Waals surface area contributed by atoms with Crippen LogP contribution >= 0.6 is 0 Å². The molecular formula is C25H24N2O7S. The minimum atomic E-state index is -3.83. The zero-order chi connectivity index (χ0) is 25.0. The number of aryl methyl sites for hydroxylation is 1. The molecule has 1 aliphatic heterocycles. The summed E-state index contributed by atoms with van der Waals surface area (Å²) in [4.78, 5) is 24.8. The molecule has 10 heteroatoms. The van der Waals surface area contributed by atoms with Gasteiger partial charge in [-0.2, -0.15) is 0 Å². The zero-order valence-corrected chi connectivity index (χ0v) is 19.9. The lowest BCUT2D eigenvalue weighted by Crippen LogP contribution is -2.35. The number of amides is 1. The van der Waals surface area contributed by atoms with Gasteiger partial charge in [0.2, 0.25) is 6.79 Å². The summed E-state index contributed by atoms with van der Waals surface area (Å²) in [6.45, 7) is 3.74. The predicted molar refractivity (Wildman–Crippen MR) is 128 cm³/mol. The molecule has 0 bridgehead atoms. The van der Waals surface area contributed by atoms with Gasteiger partial charge in [-0.25, -0.2) is 13.2 Å². The Labute approximate surface area is 203 Å². The molecule has 182 valence electrons. The van der Waals surface area contributed by atoms with Gasteiger partial charge in [-0.1, -0.05) is 23.8 Å². The van der Waals surface area contributed by atoms with Crippen molar-refractivity contribution >= 4 is 27.6 Å². The van der Waals surface area contributed by atoms with Crippen molar-refractivity contribution in [2.24, 2.45) is 0 Å². The lowest BCUT2D eigenvalue weighted by molar-refractivity contribution is -0.129. The molecule has 1 unspecified atom stereocenters. The molecule has 35 heavy (non-hydrogen) atoms. The highest BCUT2D eigenvalue weighted by Crippen LogP contribution is 2.32. The number of esters is 1. The van der Waals surface area contributed by atoms with E-state index in [1.807, 2.05) is 6.92 Å². The second-order valence-electron chi connectivity index (χ2n) is 7.95. The number of benzene rings is 3. The van der Waals surface area contributed by atoms with Crippen molar-refractivity contribution in [3.63, 3.8) is 0 Å². The number of fused-ring (bicyclic) bond motifs is 1. The summed E-state index contributed by atoms with van der Waals surface area (Å²) < 4.78 is 43.5. The first-order chi connectivity index (χ1) is 16.7. The fourth-order valence-corrected chi connectivity index (χ4v) is 4.33. The quantitative estimate of drug-likeness (QED) is 0.459. The van der Waals surface area contributed by atoms with E-state index in [1.165, 1.54) is 31.2 Å². The minimum absolute atomic E-state index is 0.0101. The number of rotatable bonds is 8.